The molecular formula is C17H26F2N4O2. The van der Waals surface area contributed by atoms with Gasteiger partial charge >= 0.3 is 0 Å². The lowest BCUT2D eigenvalue weighted by Gasteiger charge is -2.26. The minimum absolute atomic E-state index is 0.00418. The van der Waals surface area contributed by atoms with Gasteiger partial charge in [-0.25, -0.2) is 8.78 Å². The molecule has 1 unspecified atom stereocenters. The van der Waals surface area contributed by atoms with E-state index in [4.69, 9.17) is 5.73 Å². The van der Waals surface area contributed by atoms with Gasteiger partial charge < -0.3 is 21.3 Å². The van der Waals surface area contributed by atoms with Crippen LogP contribution in [0.2, 0.25) is 0 Å². The van der Waals surface area contributed by atoms with Crippen LogP contribution in [0.1, 0.15) is 25.5 Å². The van der Waals surface area contributed by atoms with E-state index in [1.807, 2.05) is 0 Å². The summed E-state index contributed by atoms with van der Waals surface area (Å²) in [6.45, 7) is 3.35. The minimum atomic E-state index is -0.699. The van der Waals surface area contributed by atoms with Gasteiger partial charge in [0.05, 0.1) is 18.6 Å². The van der Waals surface area contributed by atoms with E-state index in [2.05, 4.69) is 10.6 Å². The highest BCUT2D eigenvalue weighted by Crippen LogP contribution is 2.23. The average Bonchev–Trinajstić information content (AvgIpc) is 2.53. The van der Waals surface area contributed by atoms with Gasteiger partial charge in [-0.2, -0.15) is 0 Å². The molecule has 0 bridgehead atoms. The van der Waals surface area contributed by atoms with Gasteiger partial charge in [0.15, 0.2) is 0 Å². The molecule has 1 rings (SSSR count). The first kappa shape index (κ1) is 21.0. The Balaban J connectivity index is 2.64. The second-order valence-corrected chi connectivity index (χ2v) is 6.41. The Morgan fingerprint density at radius 2 is 1.72 bits per heavy atom. The Morgan fingerprint density at radius 3 is 2.20 bits per heavy atom. The lowest BCUT2D eigenvalue weighted by Crippen LogP contribution is -2.47. The second kappa shape index (κ2) is 9.43. The van der Waals surface area contributed by atoms with Crippen molar-refractivity contribution in [1.29, 1.82) is 0 Å². The molecule has 0 heterocycles. The summed E-state index contributed by atoms with van der Waals surface area (Å²) in [6.07, 6.45) is 0. The lowest BCUT2D eigenvalue weighted by atomic mass is 10.0. The molecule has 0 radical (unpaired) electrons. The molecule has 25 heavy (non-hydrogen) atoms. The van der Waals surface area contributed by atoms with Crippen molar-refractivity contribution in [3.63, 3.8) is 0 Å². The zero-order chi connectivity index (χ0) is 19.1. The highest BCUT2D eigenvalue weighted by molar-refractivity contribution is 5.87. The Bertz CT molecular complexity index is 588. The van der Waals surface area contributed by atoms with Crippen LogP contribution in [0, 0.1) is 17.6 Å². The van der Waals surface area contributed by atoms with Crippen LogP contribution in [0.15, 0.2) is 18.2 Å². The van der Waals surface area contributed by atoms with E-state index < -0.39 is 35.5 Å². The predicted octanol–water partition coefficient (Wildman–Crippen LogP) is 0.783. The summed E-state index contributed by atoms with van der Waals surface area (Å²) in [5, 5.41) is 5.01. The highest BCUT2D eigenvalue weighted by atomic mass is 19.1. The largest absolute Gasteiger partial charge is 0.353 e. The quantitative estimate of drug-likeness (QED) is 0.642. The third-order valence-corrected chi connectivity index (χ3v) is 3.89. The van der Waals surface area contributed by atoms with Crippen LogP contribution in [0.4, 0.5) is 8.78 Å². The summed E-state index contributed by atoms with van der Waals surface area (Å²) in [5.41, 5.74) is 5.57. The molecule has 0 saturated carbocycles. The van der Waals surface area contributed by atoms with Gasteiger partial charge in [0, 0.05) is 12.1 Å². The van der Waals surface area contributed by atoms with Crippen LogP contribution in [0.3, 0.4) is 0 Å². The van der Waals surface area contributed by atoms with Crippen molar-refractivity contribution in [3.05, 3.63) is 35.4 Å². The summed E-state index contributed by atoms with van der Waals surface area (Å²) in [5.74, 6) is -2.29. The monoisotopic (exact) mass is 356 g/mol. The number of carbonyl (C=O) groups excluding carboxylic acids is 2. The topological polar surface area (TPSA) is 87.5 Å². The molecule has 4 N–H and O–H groups in total. The molecule has 0 fully saturated rings. The molecular weight excluding hydrogens is 330 g/mol. The predicted molar refractivity (Wildman–Crippen MR) is 91.6 cm³/mol. The zero-order valence-corrected chi connectivity index (χ0v) is 15.0. The van der Waals surface area contributed by atoms with Crippen LogP contribution in [-0.2, 0) is 9.59 Å². The molecule has 0 spiro atoms. The Morgan fingerprint density at radius 1 is 1.16 bits per heavy atom. The van der Waals surface area contributed by atoms with Crippen molar-refractivity contribution in [2.75, 3.05) is 27.2 Å². The fourth-order valence-electron chi connectivity index (χ4n) is 2.23. The Labute approximate surface area is 146 Å². The molecule has 1 aromatic carbocycles. The van der Waals surface area contributed by atoms with Gasteiger partial charge in [-0.15, -0.1) is 0 Å². The number of nitrogens with two attached hydrogens (primary N) is 1. The maximum atomic E-state index is 14.0. The van der Waals surface area contributed by atoms with E-state index >= 15 is 0 Å². The number of likely N-dealkylation sites (N-methyl/N-ethyl adjacent to an activating group) is 1. The average molecular weight is 356 g/mol. The SMILES string of the molecule is CC(C)[C@H](N)C(=O)NCC(=O)NCC(c1c(F)cccc1F)N(C)C. The summed E-state index contributed by atoms with van der Waals surface area (Å²) < 4.78 is 27.9. The van der Waals surface area contributed by atoms with Crippen LogP contribution in [0.25, 0.3) is 0 Å². The molecule has 0 aliphatic heterocycles. The maximum absolute atomic E-state index is 14.0. The Kier molecular flexibility index (Phi) is 7.92. The van der Waals surface area contributed by atoms with Crippen molar-refractivity contribution in [2.24, 2.45) is 11.7 Å². The number of rotatable bonds is 8. The standard InChI is InChI=1S/C17H26F2N4O2/c1-10(2)16(20)17(25)22-9-14(24)21-8-13(23(3)4)15-11(18)6-5-7-12(15)19/h5-7,10,13,16H,8-9,20H2,1-4H3,(H,21,24)(H,22,25)/t13?,16-/m0/s1. The summed E-state index contributed by atoms with van der Waals surface area (Å²) in [4.78, 5) is 25.2. The fourth-order valence-corrected chi connectivity index (χ4v) is 2.23. The number of nitrogens with zero attached hydrogens (tertiary/aromatic N) is 1. The van der Waals surface area contributed by atoms with E-state index in [1.165, 1.54) is 18.2 Å². The normalized spacial score (nSPS) is 13.6. The molecule has 0 saturated heterocycles. The van der Waals surface area contributed by atoms with Crippen molar-refractivity contribution in [3.8, 4) is 0 Å². The van der Waals surface area contributed by atoms with Crippen molar-refractivity contribution >= 4 is 11.8 Å². The molecule has 0 aliphatic carbocycles. The van der Waals surface area contributed by atoms with Gasteiger partial charge in [-0.3, -0.25) is 9.59 Å². The number of carbonyl (C=O) groups is 2. The zero-order valence-electron chi connectivity index (χ0n) is 15.0. The highest BCUT2D eigenvalue weighted by Gasteiger charge is 2.23. The molecule has 0 aromatic heterocycles. The molecule has 140 valence electrons. The molecule has 8 heteroatoms. The lowest BCUT2D eigenvalue weighted by molar-refractivity contribution is -0.127. The number of amides is 2. The third-order valence-electron chi connectivity index (χ3n) is 3.89. The van der Waals surface area contributed by atoms with Crippen molar-refractivity contribution in [2.45, 2.75) is 25.9 Å². The molecule has 6 nitrogen and oxygen atoms in total. The van der Waals surface area contributed by atoms with Crippen molar-refractivity contribution < 1.29 is 18.4 Å². The Hall–Kier alpha value is -2.06. The van der Waals surface area contributed by atoms with Crippen molar-refractivity contribution in [1.82, 2.24) is 15.5 Å². The summed E-state index contributed by atoms with van der Waals surface area (Å²) >= 11 is 0. The van der Waals surface area contributed by atoms with Gasteiger partial charge in [0.1, 0.15) is 11.6 Å². The fraction of sp³-hybridized carbons (Fsp3) is 0.529. The number of halogens is 2. The van der Waals surface area contributed by atoms with E-state index in [9.17, 15) is 18.4 Å². The summed E-state index contributed by atoms with van der Waals surface area (Å²) in [7, 11) is 3.32. The number of hydrogen-bond donors (Lipinski definition) is 3. The van der Waals surface area contributed by atoms with E-state index in [0.717, 1.165) is 0 Å². The molecule has 2 atom stereocenters. The summed E-state index contributed by atoms with van der Waals surface area (Å²) in [6, 6.07) is 2.25. The van der Waals surface area contributed by atoms with Gasteiger partial charge in [0.2, 0.25) is 11.8 Å². The van der Waals surface area contributed by atoms with Gasteiger partial charge in [0.25, 0.3) is 0 Å². The van der Waals surface area contributed by atoms with E-state index in [0.29, 0.717) is 0 Å². The second-order valence-electron chi connectivity index (χ2n) is 6.41. The van der Waals surface area contributed by atoms with Gasteiger partial charge in [-0.1, -0.05) is 19.9 Å². The van der Waals surface area contributed by atoms with Crippen LogP contribution in [0.5, 0.6) is 0 Å². The maximum Gasteiger partial charge on any atom is 0.239 e. The molecule has 2 amide bonds. The first-order valence-corrected chi connectivity index (χ1v) is 8.05. The first-order chi connectivity index (χ1) is 11.6. The van der Waals surface area contributed by atoms with Gasteiger partial charge in [-0.05, 0) is 32.1 Å². The van der Waals surface area contributed by atoms with Crippen LogP contribution >= 0.6 is 0 Å². The van der Waals surface area contributed by atoms with E-state index in [-0.39, 0.29) is 24.6 Å². The number of hydrogen-bond acceptors (Lipinski definition) is 4. The molecule has 0 aliphatic rings. The van der Waals surface area contributed by atoms with Crippen LogP contribution < -0.4 is 16.4 Å². The molecule has 1 aromatic rings. The minimum Gasteiger partial charge on any atom is -0.353 e. The van der Waals surface area contributed by atoms with Crippen LogP contribution in [-0.4, -0.2) is 49.9 Å². The first-order valence-electron chi connectivity index (χ1n) is 8.05. The van der Waals surface area contributed by atoms with E-state index in [1.54, 1.807) is 32.8 Å². The number of benzene rings is 1. The smallest absolute Gasteiger partial charge is 0.239 e. The number of nitrogens with one attached hydrogen (secondary N) is 2. The third kappa shape index (κ3) is 6.06.